The maximum atomic E-state index is 12.1. The predicted octanol–water partition coefficient (Wildman–Crippen LogP) is 3.82. The predicted molar refractivity (Wildman–Crippen MR) is 94.4 cm³/mol. The summed E-state index contributed by atoms with van der Waals surface area (Å²) >= 11 is 0. The number of aryl methyl sites for hydroxylation is 2. The summed E-state index contributed by atoms with van der Waals surface area (Å²) in [5, 5.41) is 9.81. The van der Waals surface area contributed by atoms with Gasteiger partial charge < -0.3 is 9.84 Å². The van der Waals surface area contributed by atoms with E-state index in [2.05, 4.69) is 9.97 Å². The summed E-state index contributed by atoms with van der Waals surface area (Å²) in [7, 11) is 0. The number of phenols is 1. The van der Waals surface area contributed by atoms with Crippen LogP contribution in [0.2, 0.25) is 0 Å². The van der Waals surface area contributed by atoms with Crippen LogP contribution >= 0.6 is 0 Å². The molecule has 0 aliphatic heterocycles. The topological polar surface area (TPSA) is 77.2 Å². The van der Waals surface area contributed by atoms with Crippen LogP contribution in [0, 0.1) is 13.8 Å². The Balaban J connectivity index is 1.72. The van der Waals surface area contributed by atoms with Crippen LogP contribution in [-0.4, -0.2) is 25.7 Å². The first kappa shape index (κ1) is 16.4. The summed E-state index contributed by atoms with van der Waals surface area (Å²) in [5.74, 6) is 0.511. The summed E-state index contributed by atoms with van der Waals surface area (Å²) in [4.78, 5) is 19.7. The molecule has 0 atom stereocenters. The molecule has 6 heteroatoms. The molecule has 2 heterocycles. The molecular formula is C19H17N3O3. The van der Waals surface area contributed by atoms with Crippen molar-refractivity contribution < 1.29 is 14.6 Å². The van der Waals surface area contributed by atoms with Crippen LogP contribution in [0.3, 0.4) is 0 Å². The smallest absolute Gasteiger partial charge is 0.424 e. The van der Waals surface area contributed by atoms with E-state index < -0.39 is 6.09 Å². The van der Waals surface area contributed by atoms with Gasteiger partial charge in [-0.25, -0.2) is 14.8 Å². The third-order valence-electron chi connectivity index (χ3n) is 3.65. The Bertz CT molecular complexity index is 907. The van der Waals surface area contributed by atoms with Crippen LogP contribution < -0.4 is 4.74 Å². The highest BCUT2D eigenvalue weighted by atomic mass is 16.6. The van der Waals surface area contributed by atoms with E-state index in [4.69, 9.17) is 4.74 Å². The molecule has 0 unspecified atom stereocenters. The van der Waals surface area contributed by atoms with Crippen LogP contribution in [0.4, 0.5) is 4.79 Å². The van der Waals surface area contributed by atoms with Crippen LogP contribution in [0.15, 0.2) is 49.2 Å². The highest BCUT2D eigenvalue weighted by molar-refractivity contribution is 5.76. The van der Waals surface area contributed by atoms with Gasteiger partial charge in [-0.2, -0.15) is 0 Å². The second-order valence-corrected chi connectivity index (χ2v) is 5.60. The number of carbonyl (C=O) groups excluding carboxylic acids is 1. The van der Waals surface area contributed by atoms with Crippen molar-refractivity contribution in [2.75, 3.05) is 0 Å². The Morgan fingerprint density at radius 3 is 2.56 bits per heavy atom. The molecule has 3 aromatic rings. The molecule has 0 bridgehead atoms. The van der Waals surface area contributed by atoms with Crippen molar-refractivity contribution in [2.45, 2.75) is 13.8 Å². The number of benzene rings is 1. The van der Waals surface area contributed by atoms with E-state index in [-0.39, 0.29) is 5.88 Å². The molecule has 0 saturated heterocycles. The first-order chi connectivity index (χ1) is 12.0. The quantitative estimate of drug-likeness (QED) is 0.787. The third-order valence-corrected chi connectivity index (χ3v) is 3.65. The van der Waals surface area contributed by atoms with Crippen molar-refractivity contribution in [3.05, 3.63) is 71.4 Å². The van der Waals surface area contributed by atoms with Crippen molar-refractivity contribution in [3.8, 4) is 11.6 Å². The molecule has 0 saturated carbocycles. The monoisotopic (exact) mass is 335 g/mol. The largest absolute Gasteiger partial charge is 0.507 e. The Morgan fingerprint density at radius 1 is 1.16 bits per heavy atom. The second-order valence-electron chi connectivity index (χ2n) is 5.60. The van der Waals surface area contributed by atoms with Gasteiger partial charge in [-0.15, -0.1) is 0 Å². The van der Waals surface area contributed by atoms with Crippen molar-refractivity contribution >= 4 is 18.2 Å². The number of phenolic OH excluding ortho intramolecular Hbond substituents is 1. The molecule has 1 aromatic carbocycles. The van der Waals surface area contributed by atoms with Gasteiger partial charge in [0.15, 0.2) is 0 Å². The average Bonchev–Trinajstić information content (AvgIpc) is 3.08. The molecule has 0 spiro atoms. The fourth-order valence-electron chi connectivity index (χ4n) is 2.38. The molecule has 2 aromatic heterocycles. The highest BCUT2D eigenvalue weighted by Gasteiger charge is 2.08. The molecule has 0 amide bonds. The zero-order valence-electron chi connectivity index (χ0n) is 13.9. The molecule has 0 radical (unpaired) electrons. The average molecular weight is 335 g/mol. The van der Waals surface area contributed by atoms with E-state index in [1.807, 2.05) is 38.1 Å². The van der Waals surface area contributed by atoms with Gasteiger partial charge in [0.2, 0.25) is 5.88 Å². The van der Waals surface area contributed by atoms with Gasteiger partial charge in [-0.3, -0.25) is 4.57 Å². The molecule has 3 rings (SSSR count). The minimum Gasteiger partial charge on any atom is -0.507 e. The zero-order chi connectivity index (χ0) is 17.8. The van der Waals surface area contributed by atoms with Gasteiger partial charge in [0, 0.05) is 24.7 Å². The van der Waals surface area contributed by atoms with Gasteiger partial charge in [-0.05, 0) is 54.3 Å². The summed E-state index contributed by atoms with van der Waals surface area (Å²) in [6.45, 7) is 3.72. The highest BCUT2D eigenvalue weighted by Crippen LogP contribution is 2.24. The number of ether oxygens (including phenoxy) is 1. The summed E-state index contributed by atoms with van der Waals surface area (Å²) in [6.07, 6.45) is 9.37. The molecule has 6 nitrogen and oxygen atoms in total. The minimum atomic E-state index is -0.547. The van der Waals surface area contributed by atoms with Gasteiger partial charge in [0.1, 0.15) is 12.1 Å². The fourth-order valence-corrected chi connectivity index (χ4v) is 2.38. The van der Waals surface area contributed by atoms with E-state index in [0.29, 0.717) is 5.75 Å². The maximum Gasteiger partial charge on any atom is 0.424 e. The van der Waals surface area contributed by atoms with Gasteiger partial charge in [0.25, 0.3) is 0 Å². The van der Waals surface area contributed by atoms with E-state index >= 15 is 0 Å². The van der Waals surface area contributed by atoms with Gasteiger partial charge in [-0.1, -0.05) is 12.2 Å². The number of rotatable bonds is 3. The lowest BCUT2D eigenvalue weighted by Crippen LogP contribution is -2.15. The van der Waals surface area contributed by atoms with Crippen LogP contribution in [0.5, 0.6) is 11.6 Å². The molecule has 1 N–H and O–H groups in total. The molecule has 25 heavy (non-hydrogen) atoms. The normalized spacial score (nSPS) is 11.0. The number of nitrogens with zero attached hydrogens (tertiary/aromatic N) is 3. The minimum absolute atomic E-state index is 0.195. The Morgan fingerprint density at radius 2 is 1.88 bits per heavy atom. The third kappa shape index (κ3) is 3.92. The number of aromatic nitrogens is 3. The lowest BCUT2D eigenvalue weighted by Gasteiger charge is -2.04. The van der Waals surface area contributed by atoms with Crippen molar-refractivity contribution in [2.24, 2.45) is 0 Å². The molecule has 126 valence electrons. The van der Waals surface area contributed by atoms with Gasteiger partial charge >= 0.3 is 6.09 Å². The second kappa shape index (κ2) is 7.00. The molecule has 0 aliphatic rings. The fraction of sp³-hybridized carbons (Fsp3) is 0.105. The Kier molecular flexibility index (Phi) is 4.61. The zero-order valence-corrected chi connectivity index (χ0v) is 13.9. The van der Waals surface area contributed by atoms with E-state index in [9.17, 15) is 9.90 Å². The summed E-state index contributed by atoms with van der Waals surface area (Å²) in [5.41, 5.74) is 3.48. The van der Waals surface area contributed by atoms with Crippen LogP contribution in [0.1, 0.15) is 22.3 Å². The molecule has 0 aliphatic carbocycles. The van der Waals surface area contributed by atoms with Crippen LogP contribution in [0.25, 0.3) is 12.2 Å². The van der Waals surface area contributed by atoms with E-state index in [1.165, 1.54) is 23.2 Å². The first-order valence-corrected chi connectivity index (χ1v) is 7.67. The Hall–Kier alpha value is -3.41. The molecular weight excluding hydrogens is 318 g/mol. The van der Waals surface area contributed by atoms with Crippen LogP contribution in [-0.2, 0) is 0 Å². The first-order valence-electron chi connectivity index (χ1n) is 7.67. The summed E-state index contributed by atoms with van der Waals surface area (Å²) < 4.78 is 6.48. The van der Waals surface area contributed by atoms with Crippen molar-refractivity contribution in [1.82, 2.24) is 14.5 Å². The maximum absolute atomic E-state index is 12.1. The van der Waals surface area contributed by atoms with E-state index in [0.717, 1.165) is 22.3 Å². The number of hydrogen-bond acceptors (Lipinski definition) is 5. The number of hydrogen-bond donors (Lipinski definition) is 1. The lowest BCUT2D eigenvalue weighted by atomic mass is 10.1. The lowest BCUT2D eigenvalue weighted by molar-refractivity contribution is 0.200. The SMILES string of the molecule is Cc1cc(/C=C/c2ccn(C(=O)Oc3ccncn3)c2)cc(C)c1O. The van der Waals surface area contributed by atoms with E-state index in [1.54, 1.807) is 18.5 Å². The number of aromatic hydroxyl groups is 1. The molecule has 0 fully saturated rings. The summed E-state index contributed by atoms with van der Waals surface area (Å²) in [6, 6.07) is 7.12. The standard InChI is InChI=1S/C19H17N3O3/c1-13-9-16(10-14(2)18(13)23)4-3-15-6-8-22(11-15)19(24)25-17-5-7-20-12-21-17/h3-12,23H,1-2H3/b4-3+. The van der Waals surface area contributed by atoms with Crippen molar-refractivity contribution in [1.29, 1.82) is 0 Å². The van der Waals surface area contributed by atoms with Gasteiger partial charge in [0.05, 0.1) is 0 Å². The Labute approximate surface area is 145 Å². The number of carbonyl (C=O) groups is 1. The van der Waals surface area contributed by atoms with Crippen molar-refractivity contribution in [3.63, 3.8) is 0 Å².